The third-order valence-corrected chi connectivity index (χ3v) is 4.53. The van der Waals surface area contributed by atoms with E-state index in [2.05, 4.69) is 15.5 Å². The van der Waals surface area contributed by atoms with E-state index in [0.29, 0.717) is 11.4 Å². The van der Waals surface area contributed by atoms with E-state index < -0.39 is 22.5 Å². The highest BCUT2D eigenvalue weighted by atomic mass is 32.2. The van der Waals surface area contributed by atoms with Crippen molar-refractivity contribution < 1.29 is 17.9 Å². The highest BCUT2D eigenvalue weighted by Gasteiger charge is 2.24. The maximum atomic E-state index is 12.2. The second-order valence-electron chi connectivity index (χ2n) is 5.52. The molecule has 2 rings (SSSR count). The van der Waals surface area contributed by atoms with E-state index in [4.69, 9.17) is 4.74 Å². The Morgan fingerprint density at radius 1 is 1.31 bits per heavy atom. The molecule has 0 spiro atoms. The van der Waals surface area contributed by atoms with Crippen molar-refractivity contribution in [1.29, 1.82) is 0 Å². The molecule has 1 heterocycles. The van der Waals surface area contributed by atoms with E-state index in [1.165, 1.54) is 13.3 Å². The Kier molecular flexibility index (Phi) is 6.29. The molecule has 138 valence electrons. The molecule has 1 aromatic carbocycles. The van der Waals surface area contributed by atoms with Gasteiger partial charge in [0.2, 0.25) is 10.0 Å². The molecule has 1 N–H and O–H groups in total. The maximum absolute atomic E-state index is 12.2. The van der Waals surface area contributed by atoms with Crippen molar-refractivity contribution in [3.05, 3.63) is 53.9 Å². The number of nitrogens with zero attached hydrogens (tertiary/aromatic N) is 3. The fourth-order valence-electron chi connectivity index (χ4n) is 2.17. The molecule has 1 amide bonds. The first-order chi connectivity index (χ1) is 12.3. The number of anilines is 1. The Morgan fingerprint density at radius 3 is 2.62 bits per heavy atom. The molecule has 2 aromatic rings. The molecule has 0 saturated heterocycles. The SMILES string of the molecule is COc1ccc(C)cc1N(CC(=O)N/N=C\c1ccncc1)S(C)(=O)=O. The predicted molar refractivity (Wildman–Crippen MR) is 99.9 cm³/mol. The minimum atomic E-state index is -3.71. The second kappa shape index (κ2) is 8.43. The van der Waals surface area contributed by atoms with Crippen LogP contribution in [0.5, 0.6) is 5.75 Å². The second-order valence-corrected chi connectivity index (χ2v) is 7.43. The fraction of sp³-hybridized carbons (Fsp3) is 0.235. The van der Waals surface area contributed by atoms with Crippen LogP contribution in [-0.2, 0) is 14.8 Å². The van der Waals surface area contributed by atoms with Gasteiger partial charge in [0.25, 0.3) is 5.91 Å². The standard InChI is InChI=1S/C17H20N4O4S/c1-13-4-5-16(25-2)15(10-13)21(26(3,23)24)12-17(22)20-19-11-14-6-8-18-9-7-14/h4-11H,12H2,1-3H3,(H,20,22)/b19-11-. The molecule has 9 heteroatoms. The first-order valence-corrected chi connectivity index (χ1v) is 9.50. The van der Waals surface area contributed by atoms with Gasteiger partial charge in [0.15, 0.2) is 0 Å². The number of aromatic nitrogens is 1. The number of sulfonamides is 1. The van der Waals surface area contributed by atoms with Gasteiger partial charge in [-0.2, -0.15) is 5.10 Å². The first-order valence-electron chi connectivity index (χ1n) is 7.65. The third kappa shape index (κ3) is 5.28. The predicted octanol–water partition coefficient (Wildman–Crippen LogP) is 1.31. The average molecular weight is 376 g/mol. The third-order valence-electron chi connectivity index (χ3n) is 3.40. The number of pyridine rings is 1. The highest BCUT2D eigenvalue weighted by Crippen LogP contribution is 2.30. The number of rotatable bonds is 7. The normalized spacial score (nSPS) is 11.3. The Morgan fingerprint density at radius 2 is 2.00 bits per heavy atom. The molecule has 0 atom stereocenters. The zero-order valence-electron chi connectivity index (χ0n) is 14.7. The molecule has 8 nitrogen and oxygen atoms in total. The molecule has 0 radical (unpaired) electrons. The van der Waals surface area contributed by atoms with Gasteiger partial charge >= 0.3 is 0 Å². The van der Waals surface area contributed by atoms with Crippen molar-refractivity contribution in [3.8, 4) is 5.75 Å². The van der Waals surface area contributed by atoms with Gasteiger partial charge in [0, 0.05) is 12.4 Å². The topological polar surface area (TPSA) is 101 Å². The average Bonchev–Trinajstić information content (AvgIpc) is 2.59. The minimum Gasteiger partial charge on any atom is -0.495 e. The lowest BCUT2D eigenvalue weighted by atomic mass is 10.2. The number of carbonyl (C=O) groups is 1. The number of methoxy groups -OCH3 is 1. The molecule has 0 saturated carbocycles. The summed E-state index contributed by atoms with van der Waals surface area (Å²) < 4.78 is 30.6. The molecular formula is C17H20N4O4S. The fourth-order valence-corrected chi connectivity index (χ4v) is 3.02. The summed E-state index contributed by atoms with van der Waals surface area (Å²) in [6.07, 6.45) is 5.66. The molecule has 1 aromatic heterocycles. The smallest absolute Gasteiger partial charge is 0.260 e. The number of hydrogen-bond donors (Lipinski definition) is 1. The van der Waals surface area contributed by atoms with Crippen molar-refractivity contribution in [1.82, 2.24) is 10.4 Å². The zero-order valence-corrected chi connectivity index (χ0v) is 15.5. The molecule has 0 fully saturated rings. The molecule has 0 unspecified atom stereocenters. The molecule has 0 bridgehead atoms. The van der Waals surface area contributed by atoms with E-state index in [-0.39, 0.29) is 0 Å². The van der Waals surface area contributed by atoms with E-state index >= 15 is 0 Å². The van der Waals surface area contributed by atoms with Crippen LogP contribution in [0.15, 0.2) is 47.8 Å². The summed E-state index contributed by atoms with van der Waals surface area (Å²) >= 11 is 0. The van der Waals surface area contributed by atoms with Gasteiger partial charge in [-0.15, -0.1) is 0 Å². The van der Waals surface area contributed by atoms with E-state index in [1.54, 1.807) is 42.7 Å². The summed E-state index contributed by atoms with van der Waals surface area (Å²) in [5, 5.41) is 3.83. The van der Waals surface area contributed by atoms with Crippen LogP contribution in [0, 0.1) is 6.92 Å². The number of benzene rings is 1. The summed E-state index contributed by atoms with van der Waals surface area (Å²) in [4.78, 5) is 16.0. The number of carbonyl (C=O) groups excluding carboxylic acids is 1. The molecule has 0 aliphatic carbocycles. The maximum Gasteiger partial charge on any atom is 0.260 e. The Balaban J connectivity index is 2.18. The van der Waals surface area contributed by atoms with Crippen LogP contribution in [0.3, 0.4) is 0 Å². The largest absolute Gasteiger partial charge is 0.495 e. The van der Waals surface area contributed by atoms with Crippen molar-refractivity contribution >= 4 is 27.8 Å². The van der Waals surface area contributed by atoms with Crippen LogP contribution in [0.4, 0.5) is 5.69 Å². The van der Waals surface area contributed by atoms with Crippen molar-refractivity contribution in [2.75, 3.05) is 24.2 Å². The van der Waals surface area contributed by atoms with Crippen molar-refractivity contribution in [2.24, 2.45) is 5.10 Å². The van der Waals surface area contributed by atoms with Gasteiger partial charge in [0.1, 0.15) is 12.3 Å². The van der Waals surface area contributed by atoms with E-state index in [9.17, 15) is 13.2 Å². The van der Waals surface area contributed by atoms with Gasteiger partial charge in [-0.3, -0.25) is 14.1 Å². The summed E-state index contributed by atoms with van der Waals surface area (Å²) in [5.74, 6) is -0.224. The van der Waals surface area contributed by atoms with Crippen molar-refractivity contribution in [2.45, 2.75) is 6.92 Å². The number of amides is 1. The lowest BCUT2D eigenvalue weighted by Gasteiger charge is -2.23. The van der Waals surface area contributed by atoms with Gasteiger partial charge in [-0.1, -0.05) is 6.07 Å². The molecule has 26 heavy (non-hydrogen) atoms. The first kappa shape index (κ1) is 19.4. The van der Waals surface area contributed by atoms with Gasteiger partial charge in [0.05, 0.1) is 25.3 Å². The Labute approximate surface area is 152 Å². The highest BCUT2D eigenvalue weighted by molar-refractivity contribution is 7.92. The van der Waals surface area contributed by atoms with Crippen LogP contribution in [0.25, 0.3) is 0 Å². The summed E-state index contributed by atoms with van der Waals surface area (Å²) in [6.45, 7) is 1.40. The lowest BCUT2D eigenvalue weighted by molar-refractivity contribution is -0.119. The van der Waals surface area contributed by atoms with Crippen molar-refractivity contribution in [3.63, 3.8) is 0 Å². The van der Waals surface area contributed by atoms with Gasteiger partial charge in [-0.05, 0) is 42.3 Å². The summed E-state index contributed by atoms with van der Waals surface area (Å²) in [7, 11) is -2.27. The van der Waals surface area contributed by atoms with Crippen LogP contribution >= 0.6 is 0 Å². The van der Waals surface area contributed by atoms with Crippen LogP contribution in [0.2, 0.25) is 0 Å². The Hall–Kier alpha value is -2.94. The molecule has 0 aliphatic heterocycles. The minimum absolute atomic E-state index is 0.295. The van der Waals surface area contributed by atoms with Crippen LogP contribution in [0.1, 0.15) is 11.1 Å². The number of ether oxygens (including phenoxy) is 1. The number of hydrogen-bond acceptors (Lipinski definition) is 6. The quantitative estimate of drug-likeness (QED) is 0.580. The van der Waals surface area contributed by atoms with E-state index in [1.807, 2.05) is 6.92 Å². The molecular weight excluding hydrogens is 356 g/mol. The summed E-state index contributed by atoms with van der Waals surface area (Å²) in [5.41, 5.74) is 4.20. The van der Waals surface area contributed by atoms with Crippen LogP contribution < -0.4 is 14.5 Å². The zero-order chi connectivity index (χ0) is 19.2. The van der Waals surface area contributed by atoms with Gasteiger partial charge < -0.3 is 4.74 Å². The number of hydrazone groups is 1. The van der Waals surface area contributed by atoms with Gasteiger partial charge in [-0.25, -0.2) is 13.8 Å². The number of aryl methyl sites for hydroxylation is 1. The number of nitrogens with one attached hydrogen (secondary N) is 1. The monoisotopic (exact) mass is 376 g/mol. The van der Waals surface area contributed by atoms with Crippen LogP contribution in [-0.4, -0.2) is 45.4 Å². The lowest BCUT2D eigenvalue weighted by Crippen LogP contribution is -2.39. The van der Waals surface area contributed by atoms with E-state index in [0.717, 1.165) is 21.7 Å². The Bertz CT molecular complexity index is 898. The summed E-state index contributed by atoms with van der Waals surface area (Å²) in [6, 6.07) is 8.53. The molecule has 0 aliphatic rings.